The highest BCUT2D eigenvalue weighted by Crippen LogP contribution is 2.09. The zero-order chi connectivity index (χ0) is 9.68. The predicted molar refractivity (Wildman–Crippen MR) is 57.6 cm³/mol. The molecule has 0 saturated carbocycles. The molecule has 3 heteroatoms. The maximum atomic E-state index is 5.46. The second kappa shape index (κ2) is 5.04. The Morgan fingerprint density at radius 1 is 1.23 bits per heavy atom. The van der Waals surface area contributed by atoms with Gasteiger partial charge in [-0.3, -0.25) is 0 Å². The molecule has 0 spiro atoms. The van der Waals surface area contributed by atoms with Gasteiger partial charge in [-0.05, 0) is 19.1 Å². The zero-order valence-electron chi connectivity index (χ0n) is 8.41. The molecule has 0 radical (unpaired) electrons. The van der Waals surface area contributed by atoms with E-state index < -0.39 is 0 Å². The van der Waals surface area contributed by atoms with Crippen molar-refractivity contribution in [2.45, 2.75) is 19.8 Å². The Bertz CT molecular complexity index is 246. The molecule has 72 valence electrons. The zero-order valence-corrected chi connectivity index (χ0v) is 9.82. The molecule has 1 atom stereocenters. The average molecular weight is 196 g/mol. The third kappa shape index (κ3) is 3.20. The monoisotopic (exact) mass is 196 g/mol. The Labute approximate surface area is 81.7 Å². The van der Waals surface area contributed by atoms with E-state index >= 15 is 0 Å². The maximum Gasteiger partial charge on any atom is 0.196 e. The van der Waals surface area contributed by atoms with Crippen LogP contribution in [0.25, 0.3) is 0 Å². The lowest BCUT2D eigenvalue weighted by atomic mass is 10.3. The molecule has 13 heavy (non-hydrogen) atoms. The Balaban J connectivity index is 2.58. The van der Waals surface area contributed by atoms with Gasteiger partial charge in [0.2, 0.25) is 0 Å². The summed E-state index contributed by atoms with van der Waals surface area (Å²) >= 11 is 0. The number of benzene rings is 1. The van der Waals surface area contributed by atoms with Crippen LogP contribution in [0.1, 0.15) is 6.92 Å². The molecule has 1 aromatic carbocycles. The Kier molecular flexibility index (Phi) is 3.99. The molecule has 0 aliphatic heterocycles. The third-order valence-electron chi connectivity index (χ3n) is 1.97. The summed E-state index contributed by atoms with van der Waals surface area (Å²) in [6, 6.07) is 8.26. The molecule has 0 bridgehead atoms. The van der Waals surface area contributed by atoms with E-state index in [4.69, 9.17) is 9.47 Å². The predicted octanol–water partition coefficient (Wildman–Crippen LogP) is 0.900. The van der Waals surface area contributed by atoms with E-state index in [9.17, 15) is 0 Å². The van der Waals surface area contributed by atoms with E-state index in [1.807, 2.05) is 19.1 Å². The van der Waals surface area contributed by atoms with Crippen molar-refractivity contribution in [1.29, 1.82) is 0 Å². The molecule has 0 aliphatic rings. The Morgan fingerprint density at radius 3 is 2.31 bits per heavy atom. The molecule has 0 fully saturated rings. The number of methoxy groups -OCH3 is 1. The van der Waals surface area contributed by atoms with E-state index in [-0.39, 0.29) is 15.8 Å². The van der Waals surface area contributed by atoms with Gasteiger partial charge in [-0.25, -0.2) is 0 Å². The molecular formula is C10H16O2Si. The maximum absolute atomic E-state index is 5.46. The van der Waals surface area contributed by atoms with Crippen molar-refractivity contribution in [3.63, 3.8) is 0 Å². The third-order valence-corrected chi connectivity index (χ3v) is 3.25. The molecule has 0 heterocycles. The first-order chi connectivity index (χ1) is 6.26. The van der Waals surface area contributed by atoms with E-state index in [0.29, 0.717) is 0 Å². The minimum absolute atomic E-state index is 0.0438. The highest BCUT2D eigenvalue weighted by Gasteiger charge is 2.00. The fourth-order valence-electron chi connectivity index (χ4n) is 1.04. The fraction of sp³-hybridized carbons (Fsp3) is 0.400. The summed E-state index contributed by atoms with van der Waals surface area (Å²) in [6.45, 7) is 4.15. The van der Waals surface area contributed by atoms with Gasteiger partial charge in [-0.2, -0.15) is 0 Å². The second-order valence-electron chi connectivity index (χ2n) is 2.92. The highest BCUT2D eigenvalue weighted by atomic mass is 28.2. The van der Waals surface area contributed by atoms with Crippen molar-refractivity contribution in [3.05, 3.63) is 24.3 Å². The summed E-state index contributed by atoms with van der Waals surface area (Å²) in [5.74, 6) is 0.876. The van der Waals surface area contributed by atoms with Crippen LogP contribution in [0.3, 0.4) is 0 Å². The van der Waals surface area contributed by atoms with Crippen molar-refractivity contribution in [1.82, 2.24) is 0 Å². The van der Waals surface area contributed by atoms with Crippen LogP contribution in [-0.4, -0.2) is 22.9 Å². The standard InChI is InChI=1S/C10H16O2Si/c1-8(11-2)12-9-4-6-10(13-3)7-5-9/h4-8H,13H2,1-3H3. The molecular weight excluding hydrogens is 180 g/mol. The van der Waals surface area contributed by atoms with Crippen LogP contribution in [0.15, 0.2) is 24.3 Å². The molecule has 0 saturated heterocycles. The lowest BCUT2D eigenvalue weighted by molar-refractivity contribution is -0.0382. The van der Waals surface area contributed by atoms with Crippen LogP contribution in [0.2, 0.25) is 6.55 Å². The average Bonchev–Trinajstić information content (AvgIpc) is 2.19. The first-order valence-corrected chi connectivity index (χ1v) is 6.66. The van der Waals surface area contributed by atoms with Crippen molar-refractivity contribution >= 4 is 14.7 Å². The summed E-state index contributed by atoms with van der Waals surface area (Å²) < 4.78 is 10.5. The molecule has 1 rings (SSSR count). The van der Waals surface area contributed by atoms with E-state index in [1.54, 1.807) is 7.11 Å². The van der Waals surface area contributed by atoms with Gasteiger partial charge in [-0.1, -0.05) is 23.9 Å². The first kappa shape index (κ1) is 10.3. The molecule has 1 aromatic rings. The van der Waals surface area contributed by atoms with Gasteiger partial charge >= 0.3 is 0 Å². The van der Waals surface area contributed by atoms with Gasteiger partial charge in [0.25, 0.3) is 0 Å². The lowest BCUT2D eigenvalue weighted by Crippen LogP contribution is -2.15. The van der Waals surface area contributed by atoms with E-state index in [2.05, 4.69) is 18.7 Å². The van der Waals surface area contributed by atoms with Gasteiger partial charge < -0.3 is 9.47 Å². The molecule has 0 aromatic heterocycles. The van der Waals surface area contributed by atoms with Gasteiger partial charge in [0.05, 0.1) is 9.52 Å². The normalized spacial score (nSPS) is 13.5. The van der Waals surface area contributed by atoms with Crippen molar-refractivity contribution in [2.24, 2.45) is 0 Å². The topological polar surface area (TPSA) is 18.5 Å². The highest BCUT2D eigenvalue weighted by molar-refractivity contribution is 6.51. The summed E-state index contributed by atoms with van der Waals surface area (Å²) in [5.41, 5.74) is 0. The quantitative estimate of drug-likeness (QED) is 0.526. The summed E-state index contributed by atoms with van der Waals surface area (Å²) in [4.78, 5) is 0. The van der Waals surface area contributed by atoms with Crippen LogP contribution in [-0.2, 0) is 4.74 Å². The van der Waals surface area contributed by atoms with Crippen LogP contribution >= 0.6 is 0 Å². The summed E-state index contributed by atoms with van der Waals surface area (Å²) in [5, 5.41) is 1.46. The van der Waals surface area contributed by atoms with E-state index in [1.165, 1.54) is 5.19 Å². The largest absolute Gasteiger partial charge is 0.465 e. The SMILES string of the molecule is COC(C)Oc1ccc([SiH2]C)cc1. The Morgan fingerprint density at radius 2 is 1.85 bits per heavy atom. The van der Waals surface area contributed by atoms with Crippen molar-refractivity contribution in [2.75, 3.05) is 7.11 Å². The van der Waals surface area contributed by atoms with Gasteiger partial charge in [-0.15, -0.1) is 0 Å². The smallest absolute Gasteiger partial charge is 0.196 e. The van der Waals surface area contributed by atoms with Crippen molar-refractivity contribution < 1.29 is 9.47 Å². The molecule has 0 N–H and O–H groups in total. The second-order valence-corrected chi connectivity index (χ2v) is 4.44. The fourth-order valence-corrected chi connectivity index (χ4v) is 1.75. The van der Waals surface area contributed by atoms with Crippen LogP contribution in [0.5, 0.6) is 5.75 Å². The molecule has 0 amide bonds. The van der Waals surface area contributed by atoms with Gasteiger partial charge in [0, 0.05) is 7.11 Å². The number of ether oxygens (including phenoxy) is 2. The van der Waals surface area contributed by atoms with Gasteiger partial charge in [0.1, 0.15) is 5.75 Å². The van der Waals surface area contributed by atoms with Crippen LogP contribution < -0.4 is 9.92 Å². The first-order valence-electron chi connectivity index (χ1n) is 4.54. The Hall–Kier alpha value is -0.803. The molecule has 0 aliphatic carbocycles. The minimum atomic E-state index is -0.176. The number of hydrogen-bond acceptors (Lipinski definition) is 2. The van der Waals surface area contributed by atoms with E-state index in [0.717, 1.165) is 5.75 Å². The summed E-state index contributed by atoms with van der Waals surface area (Å²) in [6.07, 6.45) is -0.176. The summed E-state index contributed by atoms with van der Waals surface area (Å²) in [7, 11) is 1.59. The van der Waals surface area contributed by atoms with Crippen LogP contribution in [0.4, 0.5) is 0 Å². The van der Waals surface area contributed by atoms with Gasteiger partial charge in [0.15, 0.2) is 6.29 Å². The lowest BCUT2D eigenvalue weighted by Gasteiger charge is -2.12. The molecule has 1 unspecified atom stereocenters. The molecule has 2 nitrogen and oxygen atoms in total. The number of rotatable bonds is 4. The van der Waals surface area contributed by atoms with Crippen LogP contribution in [0, 0.1) is 0 Å². The minimum Gasteiger partial charge on any atom is -0.465 e. The van der Waals surface area contributed by atoms with Crippen molar-refractivity contribution in [3.8, 4) is 5.75 Å². The number of hydrogen-bond donors (Lipinski definition) is 0.